The maximum absolute atomic E-state index is 13.3. The zero-order chi connectivity index (χ0) is 28.4. The zero-order valence-corrected chi connectivity index (χ0v) is 22.9. The molecular weight excluding hydrogens is 508 g/mol. The second-order valence-electron chi connectivity index (χ2n) is 9.34. The van der Waals surface area contributed by atoms with Crippen molar-refractivity contribution < 1.29 is 42.8 Å². The number of cyclic esters (lactones) is 1. The molecule has 0 aliphatic carbocycles. The van der Waals surface area contributed by atoms with E-state index in [1.807, 2.05) is 30.3 Å². The van der Waals surface area contributed by atoms with E-state index in [0.717, 1.165) is 0 Å². The Morgan fingerprint density at radius 1 is 1.13 bits per heavy atom. The van der Waals surface area contributed by atoms with E-state index in [0.29, 0.717) is 25.0 Å². The Hall–Kier alpha value is -3.86. The third-order valence-corrected chi connectivity index (χ3v) is 6.18. The van der Waals surface area contributed by atoms with Crippen molar-refractivity contribution in [2.45, 2.75) is 64.4 Å². The molecule has 1 amide bonds. The van der Waals surface area contributed by atoms with E-state index in [-0.39, 0.29) is 29.2 Å². The Morgan fingerprint density at radius 3 is 2.54 bits per heavy atom. The van der Waals surface area contributed by atoms with E-state index >= 15 is 0 Å². The number of hydrogen-bond donors (Lipinski definition) is 1. The van der Waals surface area contributed by atoms with Gasteiger partial charge in [-0.1, -0.05) is 32.0 Å². The molecular formula is C28H36N2O9. The zero-order valence-electron chi connectivity index (χ0n) is 22.9. The molecule has 11 nitrogen and oxygen atoms in total. The number of nitrogens with one attached hydrogen (secondary N) is 1. The number of amides is 1. The fourth-order valence-corrected chi connectivity index (χ4v) is 4.15. The highest BCUT2D eigenvalue weighted by molar-refractivity contribution is 5.98. The summed E-state index contributed by atoms with van der Waals surface area (Å²) < 4.78 is 33.4. The van der Waals surface area contributed by atoms with Crippen LogP contribution in [0, 0.1) is 5.92 Å². The summed E-state index contributed by atoms with van der Waals surface area (Å²) in [5.41, 5.74) is -0.129. The molecule has 2 aromatic rings. The van der Waals surface area contributed by atoms with E-state index in [1.165, 1.54) is 19.4 Å². The van der Waals surface area contributed by atoms with Gasteiger partial charge in [0.25, 0.3) is 5.91 Å². The number of ether oxygens (including phenoxy) is 6. The summed E-state index contributed by atoms with van der Waals surface area (Å²) in [5, 5.41) is 2.71. The van der Waals surface area contributed by atoms with Gasteiger partial charge in [0, 0.05) is 19.4 Å². The predicted octanol–water partition coefficient (Wildman–Crippen LogP) is 3.30. The van der Waals surface area contributed by atoms with Crippen LogP contribution in [0.5, 0.6) is 17.2 Å². The van der Waals surface area contributed by atoms with E-state index in [4.69, 9.17) is 28.4 Å². The molecule has 1 aromatic carbocycles. The van der Waals surface area contributed by atoms with Crippen LogP contribution in [0.25, 0.3) is 0 Å². The summed E-state index contributed by atoms with van der Waals surface area (Å²) in [6.07, 6.45) is 1.25. The molecule has 0 spiro atoms. The minimum absolute atomic E-state index is 0.0189. The second-order valence-corrected chi connectivity index (χ2v) is 9.34. The standard InChI is InChI=1S/C28H36N2O9/c1-17(2)27(32)37-16-36-25-21(34-4)14-15-29-23(25)26(31)30-20-12-9-13-22(39-19-10-7-6-8-11-19)24(35-5)18(3)38-28(20)33/h6-8,10-11,14-15,17-18,20,22,24H,9,12-13,16H2,1-5H3,(H,30,31)/t18-,20-,22-,24-/m0/s1. The number of carbonyl (C=O) groups excluding carboxylic acids is 3. The number of aromatic nitrogens is 1. The number of para-hydroxylation sites is 1. The Kier molecular flexibility index (Phi) is 10.9. The third kappa shape index (κ3) is 8.06. The summed E-state index contributed by atoms with van der Waals surface area (Å²) in [7, 11) is 2.95. The van der Waals surface area contributed by atoms with Crippen LogP contribution in [0.2, 0.25) is 0 Å². The molecule has 0 bridgehead atoms. The van der Waals surface area contributed by atoms with Gasteiger partial charge in [-0.25, -0.2) is 9.78 Å². The van der Waals surface area contributed by atoms with Crippen molar-refractivity contribution in [1.29, 1.82) is 0 Å². The number of esters is 2. The molecule has 1 N–H and O–H groups in total. The average Bonchev–Trinajstić information content (AvgIpc) is 2.97. The molecule has 0 radical (unpaired) electrons. The summed E-state index contributed by atoms with van der Waals surface area (Å²) in [4.78, 5) is 42.3. The van der Waals surface area contributed by atoms with Crippen molar-refractivity contribution in [1.82, 2.24) is 10.3 Å². The molecule has 212 valence electrons. The molecule has 0 unspecified atom stereocenters. The third-order valence-electron chi connectivity index (χ3n) is 6.18. The second kappa shape index (κ2) is 14.3. The smallest absolute Gasteiger partial charge is 0.329 e. The van der Waals surface area contributed by atoms with Crippen LogP contribution < -0.4 is 19.5 Å². The highest BCUT2D eigenvalue weighted by Gasteiger charge is 2.36. The van der Waals surface area contributed by atoms with E-state index in [9.17, 15) is 14.4 Å². The van der Waals surface area contributed by atoms with Gasteiger partial charge in [-0.2, -0.15) is 0 Å². The van der Waals surface area contributed by atoms with Crippen molar-refractivity contribution in [3.8, 4) is 17.2 Å². The van der Waals surface area contributed by atoms with E-state index in [2.05, 4.69) is 10.3 Å². The van der Waals surface area contributed by atoms with Crippen LogP contribution in [0.4, 0.5) is 0 Å². The molecule has 1 saturated heterocycles. The number of methoxy groups -OCH3 is 2. The predicted molar refractivity (Wildman–Crippen MR) is 140 cm³/mol. The minimum Gasteiger partial charge on any atom is -0.493 e. The van der Waals surface area contributed by atoms with Gasteiger partial charge in [0.05, 0.1) is 13.0 Å². The van der Waals surface area contributed by atoms with Gasteiger partial charge in [-0.05, 0) is 38.3 Å². The van der Waals surface area contributed by atoms with Crippen LogP contribution in [0.15, 0.2) is 42.6 Å². The van der Waals surface area contributed by atoms with Crippen LogP contribution in [-0.4, -0.2) is 68.2 Å². The normalized spacial score (nSPS) is 21.5. The number of nitrogens with zero attached hydrogens (tertiary/aromatic N) is 1. The summed E-state index contributed by atoms with van der Waals surface area (Å²) >= 11 is 0. The first-order valence-corrected chi connectivity index (χ1v) is 12.8. The molecule has 39 heavy (non-hydrogen) atoms. The summed E-state index contributed by atoms with van der Waals surface area (Å²) in [6.45, 7) is 4.66. The van der Waals surface area contributed by atoms with Gasteiger partial charge in [-0.15, -0.1) is 0 Å². The number of benzene rings is 1. The first kappa shape index (κ1) is 29.7. The van der Waals surface area contributed by atoms with Crippen LogP contribution in [0.3, 0.4) is 0 Å². The lowest BCUT2D eigenvalue weighted by molar-refractivity contribution is -0.160. The molecule has 1 aliphatic rings. The summed E-state index contributed by atoms with van der Waals surface area (Å²) in [5.74, 6) is -1.21. The number of rotatable bonds is 10. The largest absolute Gasteiger partial charge is 0.493 e. The van der Waals surface area contributed by atoms with Gasteiger partial charge < -0.3 is 33.7 Å². The summed E-state index contributed by atoms with van der Waals surface area (Å²) in [6, 6.07) is 9.90. The maximum atomic E-state index is 13.3. The van der Waals surface area contributed by atoms with Gasteiger partial charge in [-0.3, -0.25) is 9.59 Å². The Balaban J connectivity index is 1.74. The quantitative estimate of drug-likeness (QED) is 0.351. The van der Waals surface area contributed by atoms with Gasteiger partial charge in [0.1, 0.15) is 30.1 Å². The average molecular weight is 545 g/mol. The van der Waals surface area contributed by atoms with Gasteiger partial charge >= 0.3 is 11.9 Å². The van der Waals surface area contributed by atoms with Gasteiger partial charge in [0.15, 0.2) is 17.2 Å². The first-order chi connectivity index (χ1) is 18.7. The highest BCUT2D eigenvalue weighted by Crippen LogP contribution is 2.30. The van der Waals surface area contributed by atoms with Crippen molar-refractivity contribution in [3.63, 3.8) is 0 Å². The number of carbonyl (C=O) groups is 3. The minimum atomic E-state index is -0.951. The molecule has 1 aromatic heterocycles. The molecule has 1 aliphatic heterocycles. The highest BCUT2D eigenvalue weighted by atomic mass is 16.7. The monoisotopic (exact) mass is 544 g/mol. The number of hydrogen-bond acceptors (Lipinski definition) is 10. The fraction of sp³-hybridized carbons (Fsp3) is 0.500. The molecule has 4 atom stereocenters. The van der Waals surface area contributed by atoms with Crippen LogP contribution >= 0.6 is 0 Å². The SMILES string of the molecule is COc1ccnc(C(=O)N[C@H]2CCC[C@H](Oc3ccccc3)[C@@H](OC)[C@H](C)OC2=O)c1OCOC(=O)C(C)C. The maximum Gasteiger partial charge on any atom is 0.329 e. The topological polar surface area (TPSA) is 132 Å². The Morgan fingerprint density at radius 2 is 1.87 bits per heavy atom. The fourth-order valence-electron chi connectivity index (χ4n) is 4.15. The van der Waals surface area contributed by atoms with Crippen molar-refractivity contribution >= 4 is 17.8 Å². The lowest BCUT2D eigenvalue weighted by Crippen LogP contribution is -2.46. The van der Waals surface area contributed by atoms with Crippen molar-refractivity contribution in [3.05, 3.63) is 48.3 Å². The lowest BCUT2D eigenvalue weighted by Gasteiger charge is -2.30. The van der Waals surface area contributed by atoms with Crippen LogP contribution in [0.1, 0.15) is 50.5 Å². The van der Waals surface area contributed by atoms with Gasteiger partial charge in [0.2, 0.25) is 6.79 Å². The molecule has 1 fully saturated rings. The Labute approximate surface area is 228 Å². The molecule has 2 heterocycles. The molecule has 0 saturated carbocycles. The lowest BCUT2D eigenvalue weighted by atomic mass is 10.0. The van der Waals surface area contributed by atoms with E-state index < -0.39 is 42.9 Å². The van der Waals surface area contributed by atoms with Crippen LogP contribution in [-0.2, 0) is 23.8 Å². The molecule has 3 rings (SSSR count). The number of pyridine rings is 1. The van der Waals surface area contributed by atoms with Crippen molar-refractivity contribution in [2.24, 2.45) is 5.92 Å². The Bertz CT molecular complexity index is 1110. The van der Waals surface area contributed by atoms with E-state index in [1.54, 1.807) is 27.9 Å². The first-order valence-electron chi connectivity index (χ1n) is 12.8. The molecule has 11 heteroatoms. The van der Waals surface area contributed by atoms with Crippen molar-refractivity contribution in [2.75, 3.05) is 21.0 Å².